The van der Waals surface area contributed by atoms with Gasteiger partial charge in [0.15, 0.2) is 0 Å². The van der Waals surface area contributed by atoms with Gasteiger partial charge >= 0.3 is 0 Å². The third-order valence-corrected chi connectivity index (χ3v) is 4.13. The monoisotopic (exact) mass is 298 g/mol. The molecular formula is C14H23BrN2. The highest BCUT2D eigenvalue weighted by Crippen LogP contribution is 2.28. The molecule has 2 atom stereocenters. The van der Waals surface area contributed by atoms with Crippen molar-refractivity contribution in [1.82, 2.24) is 4.90 Å². The molecule has 1 rings (SSSR count). The normalized spacial score (nSPS) is 14.9. The van der Waals surface area contributed by atoms with Gasteiger partial charge in [0.05, 0.1) is 0 Å². The van der Waals surface area contributed by atoms with Gasteiger partial charge in [0.2, 0.25) is 0 Å². The molecule has 1 aromatic carbocycles. The third kappa shape index (κ3) is 3.54. The van der Waals surface area contributed by atoms with Crippen LogP contribution >= 0.6 is 15.9 Å². The predicted molar refractivity (Wildman–Crippen MR) is 78.1 cm³/mol. The number of benzene rings is 1. The summed E-state index contributed by atoms with van der Waals surface area (Å²) in [6.07, 6.45) is 1.15. The first-order valence-corrected chi connectivity index (χ1v) is 7.15. The van der Waals surface area contributed by atoms with Crippen molar-refractivity contribution in [2.45, 2.75) is 39.3 Å². The van der Waals surface area contributed by atoms with E-state index in [0.29, 0.717) is 18.6 Å². The zero-order valence-electron chi connectivity index (χ0n) is 11.0. The Bertz CT molecular complexity index is 341. The first-order chi connectivity index (χ1) is 8.15. The van der Waals surface area contributed by atoms with E-state index in [2.05, 4.69) is 59.8 Å². The lowest BCUT2D eigenvalue weighted by Crippen LogP contribution is -2.39. The van der Waals surface area contributed by atoms with Gasteiger partial charge in [-0.15, -0.1) is 0 Å². The fourth-order valence-corrected chi connectivity index (χ4v) is 2.81. The van der Waals surface area contributed by atoms with Gasteiger partial charge in [-0.1, -0.05) is 48.0 Å². The first-order valence-electron chi connectivity index (χ1n) is 6.35. The minimum Gasteiger partial charge on any atom is -0.329 e. The van der Waals surface area contributed by atoms with Gasteiger partial charge < -0.3 is 5.73 Å². The summed E-state index contributed by atoms with van der Waals surface area (Å²) in [7, 11) is 0. The molecule has 0 radical (unpaired) electrons. The molecule has 0 aromatic heterocycles. The Morgan fingerprint density at radius 2 is 1.94 bits per heavy atom. The molecule has 2 N–H and O–H groups in total. The number of rotatable bonds is 6. The molecule has 0 spiro atoms. The fourth-order valence-electron chi connectivity index (χ4n) is 2.26. The van der Waals surface area contributed by atoms with E-state index in [-0.39, 0.29) is 0 Å². The average molecular weight is 299 g/mol. The molecule has 3 heteroatoms. The second-order valence-electron chi connectivity index (χ2n) is 4.36. The maximum absolute atomic E-state index is 5.98. The SMILES string of the molecule is CCC(C)N(CC)C(CN)c1ccccc1Br. The molecule has 2 unspecified atom stereocenters. The Kier molecular flexibility index (Phi) is 6.17. The Labute approximate surface area is 113 Å². The Morgan fingerprint density at radius 1 is 1.29 bits per heavy atom. The van der Waals surface area contributed by atoms with Gasteiger partial charge in [-0.25, -0.2) is 0 Å². The molecule has 0 fully saturated rings. The van der Waals surface area contributed by atoms with Crippen molar-refractivity contribution in [2.75, 3.05) is 13.1 Å². The van der Waals surface area contributed by atoms with Crippen LogP contribution in [0.4, 0.5) is 0 Å². The van der Waals surface area contributed by atoms with E-state index in [4.69, 9.17) is 5.73 Å². The van der Waals surface area contributed by atoms with Crippen LogP contribution in [-0.2, 0) is 0 Å². The van der Waals surface area contributed by atoms with E-state index in [1.54, 1.807) is 0 Å². The van der Waals surface area contributed by atoms with Crippen LogP contribution in [-0.4, -0.2) is 24.0 Å². The molecule has 0 aliphatic heterocycles. The zero-order chi connectivity index (χ0) is 12.8. The molecule has 0 heterocycles. The topological polar surface area (TPSA) is 29.3 Å². The summed E-state index contributed by atoms with van der Waals surface area (Å²) >= 11 is 3.62. The molecule has 1 aromatic rings. The van der Waals surface area contributed by atoms with E-state index in [9.17, 15) is 0 Å². The molecule has 0 amide bonds. The average Bonchev–Trinajstić information content (AvgIpc) is 2.36. The highest BCUT2D eigenvalue weighted by atomic mass is 79.9. The number of nitrogens with zero attached hydrogens (tertiary/aromatic N) is 1. The van der Waals surface area contributed by atoms with Crippen LogP contribution in [0.1, 0.15) is 38.8 Å². The molecule has 17 heavy (non-hydrogen) atoms. The van der Waals surface area contributed by atoms with Crippen molar-refractivity contribution in [3.8, 4) is 0 Å². The van der Waals surface area contributed by atoms with Crippen LogP contribution in [0.2, 0.25) is 0 Å². The van der Waals surface area contributed by atoms with Gasteiger partial charge in [0, 0.05) is 23.1 Å². The van der Waals surface area contributed by atoms with Gasteiger partial charge in [-0.2, -0.15) is 0 Å². The van der Waals surface area contributed by atoms with Crippen molar-refractivity contribution >= 4 is 15.9 Å². The second-order valence-corrected chi connectivity index (χ2v) is 5.22. The lowest BCUT2D eigenvalue weighted by atomic mass is 10.0. The van der Waals surface area contributed by atoms with Crippen LogP contribution in [0.5, 0.6) is 0 Å². The number of hydrogen-bond acceptors (Lipinski definition) is 2. The number of likely N-dealkylation sites (N-methyl/N-ethyl adjacent to an activating group) is 1. The molecule has 96 valence electrons. The minimum absolute atomic E-state index is 0.297. The molecule has 0 saturated heterocycles. The number of hydrogen-bond donors (Lipinski definition) is 1. The Morgan fingerprint density at radius 3 is 2.41 bits per heavy atom. The summed E-state index contributed by atoms with van der Waals surface area (Å²) in [5.41, 5.74) is 7.27. The maximum Gasteiger partial charge on any atom is 0.0484 e. The smallest absolute Gasteiger partial charge is 0.0484 e. The van der Waals surface area contributed by atoms with E-state index in [0.717, 1.165) is 17.4 Å². The van der Waals surface area contributed by atoms with E-state index < -0.39 is 0 Å². The third-order valence-electron chi connectivity index (χ3n) is 3.41. The molecule has 0 saturated carbocycles. The zero-order valence-corrected chi connectivity index (χ0v) is 12.6. The largest absolute Gasteiger partial charge is 0.329 e. The van der Waals surface area contributed by atoms with Crippen LogP contribution in [0.15, 0.2) is 28.7 Å². The number of halogens is 1. The predicted octanol–water partition coefficient (Wildman–Crippen LogP) is 3.57. The van der Waals surface area contributed by atoms with Crippen molar-refractivity contribution in [1.29, 1.82) is 0 Å². The lowest BCUT2D eigenvalue weighted by molar-refractivity contribution is 0.151. The summed E-state index contributed by atoms with van der Waals surface area (Å²) in [5.74, 6) is 0. The molecule has 0 aliphatic rings. The standard InChI is InChI=1S/C14H23BrN2/c1-4-11(3)17(5-2)14(10-16)12-8-6-7-9-13(12)15/h6-9,11,14H,4-5,10,16H2,1-3H3. The fraction of sp³-hybridized carbons (Fsp3) is 0.571. The second kappa shape index (κ2) is 7.14. The molecule has 0 aliphatic carbocycles. The summed E-state index contributed by atoms with van der Waals surface area (Å²) in [6, 6.07) is 9.22. The highest BCUT2D eigenvalue weighted by Gasteiger charge is 2.22. The van der Waals surface area contributed by atoms with Gasteiger partial charge in [0.25, 0.3) is 0 Å². The van der Waals surface area contributed by atoms with Crippen molar-refractivity contribution in [2.24, 2.45) is 5.73 Å². The van der Waals surface area contributed by atoms with Gasteiger partial charge in [-0.3, -0.25) is 4.90 Å². The summed E-state index contributed by atoms with van der Waals surface area (Å²) in [5, 5.41) is 0. The number of nitrogens with two attached hydrogens (primary N) is 1. The Hall–Kier alpha value is -0.380. The summed E-state index contributed by atoms with van der Waals surface area (Å²) in [6.45, 7) is 8.37. The van der Waals surface area contributed by atoms with Crippen LogP contribution < -0.4 is 5.73 Å². The molecule has 2 nitrogen and oxygen atoms in total. The minimum atomic E-state index is 0.297. The first kappa shape index (κ1) is 14.7. The summed E-state index contributed by atoms with van der Waals surface area (Å²) in [4.78, 5) is 2.47. The van der Waals surface area contributed by atoms with E-state index >= 15 is 0 Å². The van der Waals surface area contributed by atoms with Crippen molar-refractivity contribution in [3.63, 3.8) is 0 Å². The summed E-state index contributed by atoms with van der Waals surface area (Å²) < 4.78 is 1.15. The van der Waals surface area contributed by atoms with Gasteiger partial charge in [-0.05, 0) is 31.5 Å². The Balaban J connectivity index is 3.01. The van der Waals surface area contributed by atoms with E-state index in [1.807, 2.05) is 6.07 Å². The lowest BCUT2D eigenvalue weighted by Gasteiger charge is -2.35. The van der Waals surface area contributed by atoms with Gasteiger partial charge in [0.1, 0.15) is 0 Å². The maximum atomic E-state index is 5.98. The van der Waals surface area contributed by atoms with Crippen LogP contribution in [0.3, 0.4) is 0 Å². The highest BCUT2D eigenvalue weighted by molar-refractivity contribution is 9.10. The van der Waals surface area contributed by atoms with Crippen LogP contribution in [0.25, 0.3) is 0 Å². The van der Waals surface area contributed by atoms with E-state index in [1.165, 1.54) is 5.56 Å². The van der Waals surface area contributed by atoms with Crippen LogP contribution in [0, 0.1) is 0 Å². The quantitative estimate of drug-likeness (QED) is 0.870. The molecule has 0 bridgehead atoms. The van der Waals surface area contributed by atoms with Crippen molar-refractivity contribution < 1.29 is 0 Å². The van der Waals surface area contributed by atoms with Crippen molar-refractivity contribution in [3.05, 3.63) is 34.3 Å². The molecular weight excluding hydrogens is 276 g/mol.